The van der Waals surface area contributed by atoms with Crippen LogP contribution in [0.25, 0.3) is 0 Å². The Morgan fingerprint density at radius 3 is 2.61 bits per heavy atom. The molecule has 2 heterocycles. The van der Waals surface area contributed by atoms with Crippen LogP contribution in [0.1, 0.15) is 54.2 Å². The highest BCUT2D eigenvalue weighted by molar-refractivity contribution is 7.98. The van der Waals surface area contributed by atoms with Gasteiger partial charge in [-0.2, -0.15) is 4.98 Å². The first-order valence-electron chi connectivity index (χ1n) is 11.0. The van der Waals surface area contributed by atoms with Gasteiger partial charge in [0.1, 0.15) is 0 Å². The van der Waals surface area contributed by atoms with Crippen molar-refractivity contribution in [1.82, 2.24) is 15.0 Å². The van der Waals surface area contributed by atoms with Crippen molar-refractivity contribution in [3.8, 4) is 0 Å². The van der Waals surface area contributed by atoms with Crippen LogP contribution in [0.4, 0.5) is 0 Å². The summed E-state index contributed by atoms with van der Waals surface area (Å²) in [7, 11) is -3.13. The van der Waals surface area contributed by atoms with Gasteiger partial charge in [0.25, 0.3) is 5.91 Å². The third-order valence-electron chi connectivity index (χ3n) is 5.96. The van der Waals surface area contributed by atoms with Crippen molar-refractivity contribution in [1.29, 1.82) is 0 Å². The van der Waals surface area contributed by atoms with E-state index in [9.17, 15) is 18.0 Å². The van der Waals surface area contributed by atoms with Crippen LogP contribution in [0.2, 0.25) is 0 Å². The minimum atomic E-state index is -3.13. The van der Waals surface area contributed by atoms with Gasteiger partial charge in [0.15, 0.2) is 22.3 Å². The van der Waals surface area contributed by atoms with Gasteiger partial charge < -0.3 is 14.2 Å². The molecule has 33 heavy (non-hydrogen) atoms. The number of rotatable bonds is 8. The number of amides is 1. The number of thioether (sulfide) groups is 1. The van der Waals surface area contributed by atoms with Gasteiger partial charge in [-0.05, 0) is 38.3 Å². The molecule has 0 spiro atoms. The van der Waals surface area contributed by atoms with E-state index < -0.39 is 22.4 Å². The summed E-state index contributed by atoms with van der Waals surface area (Å²) in [5, 5.41) is 3.76. The normalized spacial score (nSPS) is 20.1. The molecule has 1 atom stereocenters. The lowest BCUT2D eigenvalue weighted by Crippen LogP contribution is -2.48. The molecule has 2 aliphatic rings. The molecule has 1 aliphatic heterocycles. The lowest BCUT2D eigenvalue weighted by Gasteiger charge is -2.33. The first kappa shape index (κ1) is 23.7. The van der Waals surface area contributed by atoms with Crippen molar-refractivity contribution in [3.05, 3.63) is 41.5 Å². The van der Waals surface area contributed by atoms with Gasteiger partial charge in [0.2, 0.25) is 5.89 Å². The molecule has 1 aromatic carbocycles. The average molecular weight is 494 g/mol. The first-order chi connectivity index (χ1) is 15.8. The number of ether oxygens (including phenoxy) is 1. The molecule has 2 aromatic rings. The molecule has 11 heteroatoms. The van der Waals surface area contributed by atoms with Crippen LogP contribution in [0.5, 0.6) is 0 Å². The van der Waals surface area contributed by atoms with E-state index in [4.69, 9.17) is 9.26 Å². The van der Waals surface area contributed by atoms with E-state index in [-0.39, 0.29) is 29.5 Å². The zero-order valence-corrected chi connectivity index (χ0v) is 20.1. The van der Waals surface area contributed by atoms with Gasteiger partial charge in [-0.3, -0.25) is 4.79 Å². The minimum absolute atomic E-state index is 0.00945. The predicted molar refractivity (Wildman–Crippen MR) is 121 cm³/mol. The molecule has 9 nitrogen and oxygen atoms in total. The zero-order chi connectivity index (χ0) is 23.4. The Balaban J connectivity index is 1.40. The molecule has 0 N–H and O–H groups in total. The Bertz CT molecular complexity index is 1110. The summed E-state index contributed by atoms with van der Waals surface area (Å²) < 4.78 is 34.5. The molecule has 0 radical (unpaired) electrons. The molecule has 1 saturated carbocycles. The van der Waals surface area contributed by atoms with Gasteiger partial charge in [0.05, 0.1) is 22.8 Å². The topological polar surface area (TPSA) is 120 Å². The number of esters is 1. The minimum Gasteiger partial charge on any atom is -0.452 e. The highest BCUT2D eigenvalue weighted by Crippen LogP contribution is 2.30. The van der Waals surface area contributed by atoms with E-state index in [0.29, 0.717) is 34.3 Å². The highest BCUT2D eigenvalue weighted by atomic mass is 32.2. The maximum Gasteiger partial charge on any atom is 0.339 e. The molecule has 1 unspecified atom stereocenters. The third-order valence-corrected chi connectivity index (χ3v) is 8.77. The number of nitrogens with zero attached hydrogens (tertiary/aromatic N) is 3. The number of aromatic nitrogens is 2. The van der Waals surface area contributed by atoms with Gasteiger partial charge in [-0.1, -0.05) is 30.1 Å². The van der Waals surface area contributed by atoms with Crippen molar-refractivity contribution in [3.63, 3.8) is 0 Å². The fourth-order valence-corrected chi connectivity index (χ4v) is 7.05. The summed E-state index contributed by atoms with van der Waals surface area (Å²) in [6, 6.07) is 6.65. The van der Waals surface area contributed by atoms with Gasteiger partial charge in [0, 0.05) is 17.0 Å². The molecule has 1 saturated heterocycles. The van der Waals surface area contributed by atoms with Crippen LogP contribution >= 0.6 is 11.8 Å². The number of hydrogen-bond donors (Lipinski definition) is 0. The molecule has 178 valence electrons. The second-order valence-corrected chi connectivity index (χ2v) is 11.6. The van der Waals surface area contributed by atoms with E-state index in [1.807, 2.05) is 6.07 Å². The first-order valence-corrected chi connectivity index (χ1v) is 13.8. The second-order valence-electron chi connectivity index (χ2n) is 8.39. The number of benzene rings is 1. The smallest absolute Gasteiger partial charge is 0.339 e. The monoisotopic (exact) mass is 493 g/mol. The SMILES string of the molecule is Cc1noc(CSc2ccccc2C(=O)OCC(=O)N(C2CCCC2)C2CCS(=O)(=O)C2)n1. The third kappa shape index (κ3) is 5.94. The largest absolute Gasteiger partial charge is 0.452 e. The van der Waals surface area contributed by atoms with E-state index in [0.717, 1.165) is 25.7 Å². The molecule has 1 amide bonds. The summed E-state index contributed by atoms with van der Waals surface area (Å²) in [4.78, 5) is 32.4. The molecular formula is C22H27N3O6S2. The number of carbonyl (C=O) groups is 2. The number of hydrogen-bond acceptors (Lipinski definition) is 9. The molecular weight excluding hydrogens is 466 g/mol. The summed E-state index contributed by atoms with van der Waals surface area (Å²) in [6.45, 7) is 1.32. The Labute approximate surface area is 197 Å². The highest BCUT2D eigenvalue weighted by Gasteiger charge is 2.39. The van der Waals surface area contributed by atoms with Crippen LogP contribution in [0.3, 0.4) is 0 Å². The van der Waals surface area contributed by atoms with Crippen molar-refractivity contribution < 1.29 is 27.3 Å². The fraction of sp³-hybridized carbons (Fsp3) is 0.545. The Morgan fingerprint density at radius 2 is 1.94 bits per heavy atom. The van der Waals surface area contributed by atoms with Crippen molar-refractivity contribution >= 4 is 33.5 Å². The van der Waals surface area contributed by atoms with Crippen molar-refractivity contribution in [2.75, 3.05) is 18.1 Å². The Hall–Kier alpha value is -2.40. The molecule has 1 aliphatic carbocycles. The van der Waals surface area contributed by atoms with Crippen LogP contribution in [0, 0.1) is 6.92 Å². The molecule has 4 rings (SSSR count). The van der Waals surface area contributed by atoms with Gasteiger partial charge in [-0.25, -0.2) is 13.2 Å². The molecule has 2 fully saturated rings. The van der Waals surface area contributed by atoms with Crippen LogP contribution in [0.15, 0.2) is 33.7 Å². The van der Waals surface area contributed by atoms with Crippen molar-refractivity contribution in [2.45, 2.75) is 61.8 Å². The maximum absolute atomic E-state index is 13.1. The summed E-state index contributed by atoms with van der Waals surface area (Å²) in [5.74, 6) is 0.543. The summed E-state index contributed by atoms with van der Waals surface area (Å²) in [6.07, 6.45) is 4.17. The quantitative estimate of drug-likeness (QED) is 0.404. The number of sulfone groups is 1. The van der Waals surface area contributed by atoms with E-state index in [2.05, 4.69) is 10.1 Å². The Morgan fingerprint density at radius 1 is 1.18 bits per heavy atom. The van der Waals surface area contributed by atoms with Crippen LogP contribution in [-0.2, 0) is 25.1 Å². The molecule has 1 aromatic heterocycles. The lowest BCUT2D eigenvalue weighted by molar-refractivity contribution is -0.139. The average Bonchev–Trinajstić information content (AvgIpc) is 3.53. The number of carbonyl (C=O) groups excluding carboxylic acids is 2. The fourth-order valence-electron chi connectivity index (χ4n) is 4.46. The second kappa shape index (κ2) is 10.3. The predicted octanol–water partition coefficient (Wildman–Crippen LogP) is 2.79. The Kier molecular flexibility index (Phi) is 7.38. The zero-order valence-electron chi connectivity index (χ0n) is 18.4. The maximum atomic E-state index is 13.1. The van der Waals surface area contributed by atoms with E-state index in [1.54, 1.807) is 30.0 Å². The summed E-state index contributed by atoms with van der Waals surface area (Å²) in [5.41, 5.74) is 0.349. The van der Waals surface area contributed by atoms with E-state index in [1.165, 1.54) is 11.8 Å². The molecule has 0 bridgehead atoms. The standard InChI is InChI=1S/C22H27N3O6S2/c1-15-23-20(31-24-15)13-32-19-9-5-4-8-18(19)22(27)30-12-21(26)25(16-6-2-3-7-16)17-10-11-33(28,29)14-17/h4-5,8-9,16-17H,2-3,6-7,10-14H2,1H3. The number of aryl methyl sites for hydroxylation is 1. The van der Waals surface area contributed by atoms with Crippen LogP contribution < -0.4 is 0 Å². The van der Waals surface area contributed by atoms with E-state index >= 15 is 0 Å². The lowest BCUT2D eigenvalue weighted by atomic mass is 10.1. The van der Waals surface area contributed by atoms with Crippen LogP contribution in [-0.4, -0.2) is 65.5 Å². The van der Waals surface area contributed by atoms with Crippen molar-refractivity contribution in [2.24, 2.45) is 0 Å². The van der Waals surface area contributed by atoms with Gasteiger partial charge >= 0.3 is 5.97 Å². The summed E-state index contributed by atoms with van der Waals surface area (Å²) >= 11 is 1.36. The van der Waals surface area contributed by atoms with Gasteiger partial charge in [-0.15, -0.1) is 11.8 Å².